The Morgan fingerprint density at radius 1 is 1.36 bits per heavy atom. The third-order valence-corrected chi connectivity index (χ3v) is 2.42. The van der Waals surface area contributed by atoms with Gasteiger partial charge in [-0.2, -0.15) is 0 Å². The molecule has 0 fully saturated rings. The Morgan fingerprint density at radius 2 is 2.00 bits per heavy atom. The minimum absolute atomic E-state index is 0. The summed E-state index contributed by atoms with van der Waals surface area (Å²) in [5.41, 5.74) is 6.92. The maximum Gasteiger partial charge on any atom is 0.573 e. The Morgan fingerprint density at radius 3 is 2.59 bits per heavy atom. The van der Waals surface area contributed by atoms with Gasteiger partial charge in [0.25, 0.3) is 0 Å². The van der Waals surface area contributed by atoms with Gasteiger partial charge in [0, 0.05) is 6.54 Å². The second kappa shape index (κ2) is 9.54. The van der Waals surface area contributed by atoms with Crippen molar-refractivity contribution in [1.29, 1.82) is 0 Å². The highest BCUT2D eigenvalue weighted by Gasteiger charge is 2.31. The molecule has 1 rings (SSSR count). The molecule has 1 aromatic rings. The van der Waals surface area contributed by atoms with Gasteiger partial charge in [0.05, 0.1) is 6.54 Å². The lowest BCUT2D eigenvalue weighted by atomic mass is 10.1. The first-order valence-electron chi connectivity index (χ1n) is 6.30. The number of alkyl halides is 3. The van der Waals surface area contributed by atoms with E-state index in [9.17, 15) is 13.2 Å². The molecule has 0 radical (unpaired) electrons. The van der Waals surface area contributed by atoms with Crippen LogP contribution in [0.15, 0.2) is 41.4 Å². The zero-order valence-corrected chi connectivity index (χ0v) is 14.4. The number of nitrogens with one attached hydrogen (secondary N) is 1. The molecule has 124 valence electrons. The van der Waals surface area contributed by atoms with Gasteiger partial charge < -0.3 is 15.8 Å². The fraction of sp³-hybridized carbons (Fsp3) is 0.357. The maximum atomic E-state index is 12.3. The summed E-state index contributed by atoms with van der Waals surface area (Å²) >= 11 is 0. The van der Waals surface area contributed by atoms with Crippen molar-refractivity contribution in [1.82, 2.24) is 5.32 Å². The molecule has 0 aromatic heterocycles. The summed E-state index contributed by atoms with van der Waals surface area (Å²) in [6.07, 6.45) is -4.37. The van der Waals surface area contributed by atoms with E-state index in [2.05, 4.69) is 21.6 Å². The molecule has 22 heavy (non-hydrogen) atoms. The van der Waals surface area contributed by atoms with Gasteiger partial charge in [-0.25, -0.2) is 4.99 Å². The van der Waals surface area contributed by atoms with Gasteiger partial charge in [0.15, 0.2) is 5.96 Å². The molecule has 0 aliphatic rings. The average Bonchev–Trinajstić information content (AvgIpc) is 2.36. The third kappa shape index (κ3) is 8.75. The predicted molar refractivity (Wildman–Crippen MR) is 91.6 cm³/mol. The van der Waals surface area contributed by atoms with E-state index >= 15 is 0 Å². The Kier molecular flexibility index (Phi) is 8.91. The number of hydrogen-bond donors (Lipinski definition) is 2. The number of halogens is 4. The Bertz CT molecular complexity index is 518. The summed E-state index contributed by atoms with van der Waals surface area (Å²) < 4.78 is 40.8. The van der Waals surface area contributed by atoms with Gasteiger partial charge in [-0.05, 0) is 25.0 Å². The molecule has 0 spiro atoms. The average molecular weight is 429 g/mol. The fourth-order valence-electron chi connectivity index (χ4n) is 1.54. The number of hydrogen-bond acceptors (Lipinski definition) is 2. The second-order valence-corrected chi connectivity index (χ2v) is 4.49. The highest BCUT2D eigenvalue weighted by atomic mass is 127. The monoisotopic (exact) mass is 429 g/mol. The van der Waals surface area contributed by atoms with Crippen molar-refractivity contribution in [2.45, 2.75) is 19.7 Å². The highest BCUT2D eigenvalue weighted by molar-refractivity contribution is 14.0. The van der Waals surface area contributed by atoms with Gasteiger partial charge in [-0.3, -0.25) is 0 Å². The first-order valence-corrected chi connectivity index (χ1v) is 6.30. The summed E-state index contributed by atoms with van der Waals surface area (Å²) in [5.74, 6) is 0.0245. The number of guanidine groups is 1. The Balaban J connectivity index is 0.00000441. The number of rotatable bonds is 6. The minimum Gasteiger partial charge on any atom is -0.406 e. The second-order valence-electron chi connectivity index (χ2n) is 4.49. The van der Waals surface area contributed by atoms with Crippen molar-refractivity contribution >= 4 is 29.9 Å². The molecule has 1 aromatic carbocycles. The number of aliphatic imine (C=N–C) groups is 1. The normalized spacial score (nSPS) is 11.5. The molecule has 8 heteroatoms. The molecular weight excluding hydrogens is 410 g/mol. The first-order chi connectivity index (χ1) is 9.78. The van der Waals surface area contributed by atoms with Crippen molar-refractivity contribution in [3.05, 3.63) is 42.0 Å². The van der Waals surface area contributed by atoms with E-state index in [4.69, 9.17) is 5.73 Å². The number of benzene rings is 1. The van der Waals surface area contributed by atoms with Crippen LogP contribution in [0.25, 0.3) is 0 Å². The summed E-state index contributed by atoms with van der Waals surface area (Å²) in [6.45, 7) is 6.27. The Labute approximate surface area is 144 Å². The maximum absolute atomic E-state index is 12.3. The van der Waals surface area contributed by atoms with Crippen LogP contribution in [0.2, 0.25) is 0 Å². The van der Waals surface area contributed by atoms with Gasteiger partial charge in [-0.15, -0.1) is 37.1 Å². The predicted octanol–water partition coefficient (Wildman–Crippen LogP) is 3.23. The van der Waals surface area contributed by atoms with Crippen LogP contribution < -0.4 is 15.8 Å². The van der Waals surface area contributed by atoms with Crippen molar-refractivity contribution in [3.8, 4) is 5.75 Å². The van der Waals surface area contributed by atoms with Crippen LogP contribution in [0.5, 0.6) is 5.75 Å². The summed E-state index contributed by atoms with van der Waals surface area (Å²) in [5, 5.41) is 2.83. The summed E-state index contributed by atoms with van der Waals surface area (Å²) in [4.78, 5) is 4.01. The van der Waals surface area contributed by atoms with Crippen LogP contribution in [-0.2, 0) is 6.42 Å². The zero-order chi connectivity index (χ0) is 15.9. The van der Waals surface area contributed by atoms with Gasteiger partial charge >= 0.3 is 6.36 Å². The van der Waals surface area contributed by atoms with Crippen LogP contribution in [0, 0.1) is 0 Å². The molecule has 0 heterocycles. The fourth-order valence-corrected chi connectivity index (χ4v) is 1.54. The van der Waals surface area contributed by atoms with Crippen LogP contribution in [0.4, 0.5) is 13.2 Å². The van der Waals surface area contributed by atoms with Crippen molar-refractivity contribution in [2.24, 2.45) is 10.7 Å². The van der Waals surface area contributed by atoms with E-state index in [-0.39, 0.29) is 35.7 Å². The number of ether oxygens (including phenoxy) is 1. The standard InChI is InChI=1S/C14H18F3N3O.HI/c1-10(2)9-20-13(18)19-8-7-11-5-3-4-6-12(11)21-14(15,16)17;/h3-6H,1,7-9H2,2H3,(H3,18,19,20);1H. The van der Waals surface area contributed by atoms with E-state index in [1.807, 2.05) is 6.92 Å². The van der Waals surface area contributed by atoms with Gasteiger partial charge in [0.2, 0.25) is 0 Å². The Hall–Kier alpha value is -1.45. The summed E-state index contributed by atoms with van der Waals surface area (Å²) in [7, 11) is 0. The highest BCUT2D eigenvalue weighted by Crippen LogP contribution is 2.26. The molecule has 4 nitrogen and oxygen atoms in total. The lowest BCUT2D eigenvalue weighted by Gasteiger charge is -2.13. The minimum atomic E-state index is -4.70. The molecule has 3 N–H and O–H groups in total. The van der Waals surface area contributed by atoms with Gasteiger partial charge in [0.1, 0.15) is 5.75 Å². The van der Waals surface area contributed by atoms with E-state index in [1.165, 1.54) is 12.1 Å². The van der Waals surface area contributed by atoms with E-state index < -0.39 is 6.36 Å². The summed E-state index contributed by atoms with van der Waals surface area (Å²) in [6, 6.07) is 5.99. The molecule has 0 aliphatic heterocycles. The molecule has 0 atom stereocenters. The van der Waals surface area contributed by atoms with Gasteiger partial charge in [-0.1, -0.05) is 30.4 Å². The van der Waals surface area contributed by atoms with Crippen molar-refractivity contribution < 1.29 is 17.9 Å². The van der Waals surface area contributed by atoms with E-state index in [0.717, 1.165) is 5.57 Å². The lowest BCUT2D eigenvalue weighted by molar-refractivity contribution is -0.274. The molecule has 0 bridgehead atoms. The molecule has 0 aliphatic carbocycles. The van der Waals surface area contributed by atoms with E-state index in [1.54, 1.807) is 12.1 Å². The number of nitrogens with zero attached hydrogens (tertiary/aromatic N) is 1. The SMILES string of the molecule is C=C(C)CN=C(N)NCCc1ccccc1OC(F)(F)F.I. The van der Waals surface area contributed by atoms with Crippen LogP contribution in [-0.4, -0.2) is 25.4 Å². The van der Waals surface area contributed by atoms with Crippen LogP contribution in [0.3, 0.4) is 0 Å². The molecule has 0 unspecified atom stereocenters. The zero-order valence-electron chi connectivity index (χ0n) is 12.1. The molecule has 0 amide bonds. The molecular formula is C14H19F3IN3O. The molecule has 0 saturated carbocycles. The topological polar surface area (TPSA) is 59.6 Å². The largest absolute Gasteiger partial charge is 0.573 e. The number of nitrogens with two attached hydrogens (primary N) is 1. The van der Waals surface area contributed by atoms with Crippen LogP contribution >= 0.6 is 24.0 Å². The lowest BCUT2D eigenvalue weighted by Crippen LogP contribution is -2.33. The molecule has 0 saturated heterocycles. The third-order valence-electron chi connectivity index (χ3n) is 2.42. The quantitative estimate of drug-likeness (QED) is 0.316. The number of para-hydroxylation sites is 1. The smallest absolute Gasteiger partial charge is 0.406 e. The van der Waals surface area contributed by atoms with Crippen molar-refractivity contribution in [3.63, 3.8) is 0 Å². The first kappa shape index (κ1) is 20.6. The van der Waals surface area contributed by atoms with Crippen LogP contribution in [0.1, 0.15) is 12.5 Å². The van der Waals surface area contributed by atoms with E-state index in [0.29, 0.717) is 25.1 Å². The van der Waals surface area contributed by atoms with Crippen molar-refractivity contribution in [2.75, 3.05) is 13.1 Å².